The molecule has 0 saturated carbocycles. The zero-order valence-corrected chi connectivity index (χ0v) is 23.8. The lowest BCUT2D eigenvalue weighted by atomic mass is 10.1. The smallest absolute Gasteiger partial charge is 0.243 e. The van der Waals surface area contributed by atoms with E-state index in [0.29, 0.717) is 31.8 Å². The van der Waals surface area contributed by atoms with Gasteiger partial charge in [-0.1, -0.05) is 24.3 Å². The molecule has 1 aliphatic heterocycles. The number of nitrogens with zero attached hydrogens (tertiary/aromatic N) is 3. The standard InChI is InChI=1S/C30H36N4O5S/c1-23(30(36)32-21-25-15-17-31-18-16-25)34(22-26-5-10-27(39-2)11-6-26)29(35)14-9-24-7-12-28(13-8-24)40(37,38)33-19-3-4-20-33/h5-8,10-13,15-18,23H,3-4,9,14,19-22H2,1-2H3,(H,32,36)/t23-/m1/s1. The van der Waals surface area contributed by atoms with E-state index in [0.717, 1.165) is 29.5 Å². The van der Waals surface area contributed by atoms with Crippen LogP contribution >= 0.6 is 0 Å². The molecule has 4 rings (SSSR count). The van der Waals surface area contributed by atoms with Crippen molar-refractivity contribution in [2.75, 3.05) is 20.2 Å². The molecule has 2 heterocycles. The van der Waals surface area contributed by atoms with Gasteiger partial charge in [-0.3, -0.25) is 14.6 Å². The Labute approximate surface area is 236 Å². The molecule has 40 heavy (non-hydrogen) atoms. The number of aryl methyl sites for hydroxylation is 1. The number of methoxy groups -OCH3 is 1. The molecule has 10 heteroatoms. The predicted octanol–water partition coefficient (Wildman–Crippen LogP) is 3.54. The van der Waals surface area contributed by atoms with Crippen molar-refractivity contribution in [2.24, 2.45) is 0 Å². The number of sulfonamides is 1. The fourth-order valence-electron chi connectivity index (χ4n) is 4.65. The van der Waals surface area contributed by atoms with Gasteiger partial charge in [0, 0.05) is 45.0 Å². The van der Waals surface area contributed by atoms with E-state index in [2.05, 4.69) is 10.3 Å². The Morgan fingerprint density at radius 3 is 2.20 bits per heavy atom. The number of benzene rings is 2. The molecule has 0 unspecified atom stereocenters. The number of hydrogen-bond donors (Lipinski definition) is 1. The molecular formula is C30H36N4O5S. The summed E-state index contributed by atoms with van der Waals surface area (Å²) in [5.74, 6) is 0.284. The Bertz CT molecular complexity index is 1370. The summed E-state index contributed by atoms with van der Waals surface area (Å²) < 4.78 is 32.4. The zero-order valence-electron chi connectivity index (χ0n) is 23.0. The fourth-order valence-corrected chi connectivity index (χ4v) is 6.17. The summed E-state index contributed by atoms with van der Waals surface area (Å²) in [4.78, 5) is 32.4. The van der Waals surface area contributed by atoms with Crippen LogP contribution in [0.1, 0.15) is 42.9 Å². The van der Waals surface area contributed by atoms with Gasteiger partial charge in [-0.25, -0.2) is 8.42 Å². The van der Waals surface area contributed by atoms with Crippen molar-refractivity contribution >= 4 is 21.8 Å². The highest BCUT2D eigenvalue weighted by atomic mass is 32.2. The normalized spacial score (nSPS) is 14.4. The molecule has 1 aliphatic rings. The lowest BCUT2D eigenvalue weighted by Gasteiger charge is -2.29. The van der Waals surface area contributed by atoms with Crippen LogP contribution in [0.5, 0.6) is 5.75 Å². The van der Waals surface area contributed by atoms with Crippen molar-refractivity contribution < 1.29 is 22.7 Å². The number of nitrogens with one attached hydrogen (secondary N) is 1. The first-order valence-corrected chi connectivity index (χ1v) is 14.9. The highest BCUT2D eigenvalue weighted by Gasteiger charge is 2.28. The number of ether oxygens (including phenoxy) is 1. The third kappa shape index (κ3) is 7.45. The van der Waals surface area contributed by atoms with E-state index in [1.807, 2.05) is 36.4 Å². The van der Waals surface area contributed by atoms with Crippen LogP contribution in [0.3, 0.4) is 0 Å². The number of carbonyl (C=O) groups is 2. The van der Waals surface area contributed by atoms with Gasteiger partial charge in [0.2, 0.25) is 21.8 Å². The van der Waals surface area contributed by atoms with Crippen LogP contribution in [-0.4, -0.2) is 60.7 Å². The summed E-state index contributed by atoms with van der Waals surface area (Å²) in [5, 5.41) is 2.91. The van der Waals surface area contributed by atoms with Crippen LogP contribution in [0.2, 0.25) is 0 Å². The first-order valence-electron chi connectivity index (χ1n) is 13.5. The van der Waals surface area contributed by atoms with Crippen molar-refractivity contribution in [3.8, 4) is 5.75 Å². The summed E-state index contributed by atoms with van der Waals surface area (Å²) in [7, 11) is -1.89. The van der Waals surface area contributed by atoms with Crippen molar-refractivity contribution in [1.82, 2.24) is 19.5 Å². The predicted molar refractivity (Wildman–Crippen MR) is 152 cm³/mol. The molecule has 2 amide bonds. The van der Waals surface area contributed by atoms with Crippen LogP contribution in [0.25, 0.3) is 0 Å². The minimum Gasteiger partial charge on any atom is -0.497 e. The number of carbonyl (C=O) groups excluding carboxylic acids is 2. The molecule has 3 aromatic rings. The SMILES string of the molecule is COc1ccc(CN(C(=O)CCc2ccc(S(=O)(=O)N3CCCC3)cc2)[C@H](C)C(=O)NCc2ccncc2)cc1. The third-order valence-electron chi connectivity index (χ3n) is 7.15. The Morgan fingerprint density at radius 2 is 1.57 bits per heavy atom. The summed E-state index contributed by atoms with van der Waals surface area (Å²) >= 11 is 0. The number of hydrogen-bond acceptors (Lipinski definition) is 6. The van der Waals surface area contributed by atoms with Crippen molar-refractivity contribution in [1.29, 1.82) is 0 Å². The molecule has 0 bridgehead atoms. The van der Waals surface area contributed by atoms with Crippen molar-refractivity contribution in [3.63, 3.8) is 0 Å². The summed E-state index contributed by atoms with van der Waals surface area (Å²) in [6.07, 6.45) is 5.69. The lowest BCUT2D eigenvalue weighted by Crippen LogP contribution is -2.47. The van der Waals surface area contributed by atoms with E-state index in [4.69, 9.17) is 4.74 Å². The lowest BCUT2D eigenvalue weighted by molar-refractivity contribution is -0.140. The summed E-state index contributed by atoms with van der Waals surface area (Å²) in [6, 6.07) is 17.1. The average molecular weight is 565 g/mol. The average Bonchev–Trinajstić information content (AvgIpc) is 3.54. The molecule has 1 aromatic heterocycles. The van der Waals surface area contributed by atoms with Gasteiger partial charge in [0.05, 0.1) is 12.0 Å². The largest absolute Gasteiger partial charge is 0.497 e. The van der Waals surface area contributed by atoms with Crippen LogP contribution in [-0.2, 0) is 39.1 Å². The molecule has 1 atom stereocenters. The van der Waals surface area contributed by atoms with E-state index < -0.39 is 16.1 Å². The molecule has 9 nitrogen and oxygen atoms in total. The van der Waals surface area contributed by atoms with Gasteiger partial charge in [-0.05, 0) is 79.3 Å². The second-order valence-electron chi connectivity index (χ2n) is 9.87. The molecular weight excluding hydrogens is 528 g/mol. The van der Waals surface area contributed by atoms with E-state index in [-0.39, 0.29) is 29.7 Å². The molecule has 1 saturated heterocycles. The topological polar surface area (TPSA) is 109 Å². The molecule has 0 spiro atoms. The van der Waals surface area contributed by atoms with E-state index in [1.165, 1.54) is 4.31 Å². The van der Waals surface area contributed by atoms with Gasteiger partial charge in [-0.15, -0.1) is 0 Å². The first-order chi connectivity index (χ1) is 19.3. The Kier molecular flexibility index (Phi) is 9.89. The molecule has 212 valence electrons. The Hall–Kier alpha value is -3.76. The molecule has 0 radical (unpaired) electrons. The fraction of sp³-hybridized carbons (Fsp3) is 0.367. The highest BCUT2D eigenvalue weighted by molar-refractivity contribution is 7.89. The molecule has 1 fully saturated rings. The molecule has 1 N–H and O–H groups in total. The van der Waals surface area contributed by atoms with Crippen molar-refractivity contribution in [3.05, 3.63) is 89.7 Å². The van der Waals surface area contributed by atoms with Crippen LogP contribution in [0, 0.1) is 0 Å². The van der Waals surface area contributed by atoms with Gasteiger partial charge >= 0.3 is 0 Å². The third-order valence-corrected chi connectivity index (χ3v) is 9.06. The maximum Gasteiger partial charge on any atom is 0.243 e. The van der Waals surface area contributed by atoms with E-state index in [1.54, 1.807) is 55.6 Å². The Morgan fingerprint density at radius 1 is 0.950 bits per heavy atom. The zero-order chi connectivity index (χ0) is 28.5. The van der Waals surface area contributed by atoms with E-state index in [9.17, 15) is 18.0 Å². The number of rotatable bonds is 12. The minimum atomic E-state index is -3.48. The van der Waals surface area contributed by atoms with Crippen LogP contribution in [0.15, 0.2) is 78.0 Å². The highest BCUT2D eigenvalue weighted by Crippen LogP contribution is 2.22. The van der Waals surface area contributed by atoms with Gasteiger partial charge < -0.3 is 15.0 Å². The van der Waals surface area contributed by atoms with Gasteiger partial charge in [0.15, 0.2) is 0 Å². The number of pyridine rings is 1. The summed E-state index contributed by atoms with van der Waals surface area (Å²) in [6.45, 7) is 3.43. The van der Waals surface area contributed by atoms with Gasteiger partial charge in [0.1, 0.15) is 11.8 Å². The van der Waals surface area contributed by atoms with Crippen LogP contribution in [0.4, 0.5) is 0 Å². The maximum atomic E-state index is 13.5. The number of amides is 2. The first kappa shape index (κ1) is 29.2. The Balaban J connectivity index is 1.43. The van der Waals surface area contributed by atoms with Crippen molar-refractivity contribution in [2.45, 2.75) is 56.6 Å². The second kappa shape index (κ2) is 13.5. The molecule has 2 aromatic carbocycles. The van der Waals surface area contributed by atoms with Gasteiger partial charge in [0.25, 0.3) is 0 Å². The minimum absolute atomic E-state index is 0.170. The van der Waals surface area contributed by atoms with Crippen LogP contribution < -0.4 is 10.1 Å². The molecule has 0 aliphatic carbocycles. The van der Waals surface area contributed by atoms with E-state index >= 15 is 0 Å². The second-order valence-corrected chi connectivity index (χ2v) is 11.8. The quantitative estimate of drug-likeness (QED) is 0.361. The maximum absolute atomic E-state index is 13.5. The van der Waals surface area contributed by atoms with Gasteiger partial charge in [-0.2, -0.15) is 4.31 Å². The monoisotopic (exact) mass is 564 g/mol. The number of aromatic nitrogens is 1. The summed E-state index contributed by atoms with van der Waals surface area (Å²) in [5.41, 5.74) is 2.64.